The minimum Gasteiger partial charge on any atom is -0.313 e. The third-order valence-electron chi connectivity index (χ3n) is 2.91. The van der Waals surface area contributed by atoms with Crippen molar-refractivity contribution in [2.45, 2.75) is 25.3 Å². The summed E-state index contributed by atoms with van der Waals surface area (Å²) >= 11 is 5.91. The molecule has 0 aromatic heterocycles. The maximum absolute atomic E-state index is 5.91. The van der Waals surface area contributed by atoms with Crippen molar-refractivity contribution in [1.29, 1.82) is 0 Å². The van der Waals surface area contributed by atoms with Crippen LogP contribution in [0.3, 0.4) is 0 Å². The normalized spacial score (nSPS) is 12.8. The van der Waals surface area contributed by atoms with Gasteiger partial charge in [-0.25, -0.2) is 0 Å². The van der Waals surface area contributed by atoms with Gasteiger partial charge in [0.2, 0.25) is 0 Å². The summed E-state index contributed by atoms with van der Waals surface area (Å²) in [5.41, 5.74) is 1.35. The number of halogens is 1. The standard InChI is InChI=1S/C15H18ClN/c1-12(16)9-10-17-11-14-7-4-6-13-5-2-3-8-15(13)14/h2-8,12,17H,9-11H2,1H3. The number of fused-ring (bicyclic) bond motifs is 1. The maximum atomic E-state index is 5.91. The van der Waals surface area contributed by atoms with E-state index in [-0.39, 0.29) is 5.38 Å². The smallest absolute Gasteiger partial charge is 0.0319 e. The van der Waals surface area contributed by atoms with Crippen molar-refractivity contribution in [2.24, 2.45) is 0 Å². The molecule has 1 nitrogen and oxygen atoms in total. The predicted molar refractivity (Wildman–Crippen MR) is 75.6 cm³/mol. The van der Waals surface area contributed by atoms with Crippen LogP contribution in [-0.2, 0) is 6.54 Å². The second-order valence-corrected chi connectivity index (χ2v) is 5.13. The lowest BCUT2D eigenvalue weighted by Crippen LogP contribution is -2.17. The molecule has 1 atom stereocenters. The summed E-state index contributed by atoms with van der Waals surface area (Å²) in [5.74, 6) is 0. The van der Waals surface area contributed by atoms with Gasteiger partial charge in [-0.15, -0.1) is 11.6 Å². The van der Waals surface area contributed by atoms with Gasteiger partial charge < -0.3 is 5.32 Å². The highest BCUT2D eigenvalue weighted by atomic mass is 35.5. The minimum atomic E-state index is 0.245. The van der Waals surface area contributed by atoms with Crippen molar-refractivity contribution in [3.05, 3.63) is 48.0 Å². The fourth-order valence-corrected chi connectivity index (χ4v) is 2.08. The van der Waals surface area contributed by atoms with Crippen molar-refractivity contribution in [1.82, 2.24) is 5.32 Å². The van der Waals surface area contributed by atoms with Gasteiger partial charge in [0.1, 0.15) is 0 Å². The fourth-order valence-electron chi connectivity index (χ4n) is 1.97. The lowest BCUT2D eigenvalue weighted by Gasteiger charge is -2.08. The molecule has 0 aliphatic carbocycles. The molecule has 0 saturated heterocycles. The zero-order valence-electron chi connectivity index (χ0n) is 10.1. The molecule has 0 radical (unpaired) electrons. The molecule has 1 unspecified atom stereocenters. The molecule has 2 aromatic carbocycles. The SMILES string of the molecule is CC(Cl)CCNCc1cccc2ccccc12. The average Bonchev–Trinajstić information content (AvgIpc) is 2.34. The molecule has 0 bridgehead atoms. The van der Waals surface area contributed by atoms with Crippen LogP contribution in [0.5, 0.6) is 0 Å². The zero-order valence-corrected chi connectivity index (χ0v) is 10.9. The first-order valence-electron chi connectivity index (χ1n) is 6.09. The highest BCUT2D eigenvalue weighted by Crippen LogP contribution is 2.18. The van der Waals surface area contributed by atoms with E-state index in [2.05, 4.69) is 47.8 Å². The second-order valence-electron chi connectivity index (χ2n) is 4.38. The molecule has 1 N–H and O–H groups in total. The Balaban J connectivity index is 2.03. The van der Waals surface area contributed by atoms with Crippen LogP contribution in [0.25, 0.3) is 10.8 Å². The van der Waals surface area contributed by atoms with Crippen LogP contribution < -0.4 is 5.32 Å². The third kappa shape index (κ3) is 3.45. The van der Waals surface area contributed by atoms with E-state index in [9.17, 15) is 0 Å². The van der Waals surface area contributed by atoms with Crippen molar-refractivity contribution in [3.8, 4) is 0 Å². The average molecular weight is 248 g/mol. The van der Waals surface area contributed by atoms with E-state index in [1.807, 2.05) is 6.92 Å². The molecule has 0 saturated carbocycles. The Labute approximate surface area is 108 Å². The molecule has 0 amide bonds. The molecule has 90 valence electrons. The van der Waals surface area contributed by atoms with E-state index in [0.29, 0.717) is 0 Å². The summed E-state index contributed by atoms with van der Waals surface area (Å²) in [6.45, 7) is 3.90. The topological polar surface area (TPSA) is 12.0 Å². The molecule has 0 fully saturated rings. The molecule has 0 aliphatic heterocycles. The zero-order chi connectivity index (χ0) is 12.1. The Morgan fingerprint density at radius 1 is 1.12 bits per heavy atom. The van der Waals surface area contributed by atoms with E-state index < -0.39 is 0 Å². The largest absolute Gasteiger partial charge is 0.313 e. The number of hydrogen-bond acceptors (Lipinski definition) is 1. The maximum Gasteiger partial charge on any atom is 0.0319 e. The third-order valence-corrected chi connectivity index (χ3v) is 3.13. The summed E-state index contributed by atoms with van der Waals surface area (Å²) in [7, 11) is 0. The number of rotatable bonds is 5. The monoisotopic (exact) mass is 247 g/mol. The first-order valence-corrected chi connectivity index (χ1v) is 6.52. The van der Waals surface area contributed by atoms with E-state index in [4.69, 9.17) is 11.6 Å². The van der Waals surface area contributed by atoms with Gasteiger partial charge in [0.15, 0.2) is 0 Å². The van der Waals surface area contributed by atoms with Crippen LogP contribution in [-0.4, -0.2) is 11.9 Å². The Kier molecular flexibility index (Phi) is 4.41. The molecular formula is C15H18ClN. The molecule has 17 heavy (non-hydrogen) atoms. The number of benzene rings is 2. The van der Waals surface area contributed by atoms with Gasteiger partial charge in [0, 0.05) is 11.9 Å². The summed E-state index contributed by atoms with van der Waals surface area (Å²) in [4.78, 5) is 0. The molecule has 2 rings (SSSR count). The van der Waals surface area contributed by atoms with Crippen molar-refractivity contribution < 1.29 is 0 Å². The van der Waals surface area contributed by atoms with Gasteiger partial charge in [-0.2, -0.15) is 0 Å². The van der Waals surface area contributed by atoms with Crippen LogP contribution in [0.4, 0.5) is 0 Å². The molecular weight excluding hydrogens is 230 g/mol. The summed E-state index contributed by atoms with van der Waals surface area (Å²) in [6, 6.07) is 14.9. The molecule has 0 aliphatic rings. The van der Waals surface area contributed by atoms with Gasteiger partial charge in [-0.1, -0.05) is 42.5 Å². The number of nitrogens with one attached hydrogen (secondary N) is 1. The summed E-state index contributed by atoms with van der Waals surface area (Å²) in [6.07, 6.45) is 1.01. The summed E-state index contributed by atoms with van der Waals surface area (Å²) in [5, 5.41) is 6.32. The Hall–Kier alpha value is -1.05. The molecule has 0 spiro atoms. The van der Waals surface area contributed by atoms with Gasteiger partial charge >= 0.3 is 0 Å². The first kappa shape index (κ1) is 12.4. The lowest BCUT2D eigenvalue weighted by atomic mass is 10.0. The van der Waals surface area contributed by atoms with E-state index >= 15 is 0 Å². The van der Waals surface area contributed by atoms with E-state index in [1.54, 1.807) is 0 Å². The van der Waals surface area contributed by atoms with Crippen molar-refractivity contribution >= 4 is 22.4 Å². The van der Waals surface area contributed by atoms with Crippen molar-refractivity contribution in [3.63, 3.8) is 0 Å². The Bertz CT molecular complexity index is 474. The lowest BCUT2D eigenvalue weighted by molar-refractivity contribution is 0.647. The van der Waals surface area contributed by atoms with Gasteiger partial charge in [-0.3, -0.25) is 0 Å². The minimum absolute atomic E-state index is 0.245. The number of alkyl halides is 1. The quantitative estimate of drug-likeness (QED) is 0.623. The van der Waals surface area contributed by atoms with Crippen LogP contribution in [0, 0.1) is 0 Å². The van der Waals surface area contributed by atoms with Crippen LogP contribution in [0.1, 0.15) is 18.9 Å². The Morgan fingerprint density at radius 3 is 2.71 bits per heavy atom. The Morgan fingerprint density at radius 2 is 1.88 bits per heavy atom. The second kappa shape index (κ2) is 6.04. The fraction of sp³-hybridized carbons (Fsp3) is 0.333. The van der Waals surface area contributed by atoms with Gasteiger partial charge in [-0.05, 0) is 36.2 Å². The highest BCUT2D eigenvalue weighted by molar-refractivity contribution is 6.20. The highest BCUT2D eigenvalue weighted by Gasteiger charge is 2.00. The van der Waals surface area contributed by atoms with Crippen LogP contribution in [0.2, 0.25) is 0 Å². The first-order chi connectivity index (χ1) is 8.27. The molecule has 2 aromatic rings. The predicted octanol–water partition coefficient (Wildman–Crippen LogP) is 3.95. The van der Waals surface area contributed by atoms with E-state index in [0.717, 1.165) is 19.5 Å². The van der Waals surface area contributed by atoms with Crippen LogP contribution in [0.15, 0.2) is 42.5 Å². The number of hydrogen-bond donors (Lipinski definition) is 1. The molecule has 2 heteroatoms. The van der Waals surface area contributed by atoms with Gasteiger partial charge in [0.25, 0.3) is 0 Å². The van der Waals surface area contributed by atoms with Crippen LogP contribution >= 0.6 is 11.6 Å². The van der Waals surface area contributed by atoms with E-state index in [1.165, 1.54) is 16.3 Å². The van der Waals surface area contributed by atoms with Gasteiger partial charge in [0.05, 0.1) is 0 Å². The molecule has 0 heterocycles. The summed E-state index contributed by atoms with van der Waals surface area (Å²) < 4.78 is 0. The van der Waals surface area contributed by atoms with Crippen molar-refractivity contribution in [2.75, 3.05) is 6.54 Å².